The standard InChI is InChI=1S/C17H22N4OS/c1-13-3-4-16(23-13)21-12-17(9-15(21)22)5-7-20(11-17)10-14-18-6-8-19(14)2/h3-4,6,8H,5,7,9-12H2,1-2H3/t17-/m1/s1. The van der Waals surface area contributed by atoms with Crippen LogP contribution in [-0.2, 0) is 18.4 Å². The number of amides is 1. The Bertz CT molecular complexity index is 737. The van der Waals surface area contributed by atoms with Crippen molar-refractivity contribution in [1.29, 1.82) is 0 Å². The maximum Gasteiger partial charge on any atom is 0.228 e. The molecule has 0 aliphatic carbocycles. The molecule has 2 aromatic heterocycles. The molecule has 122 valence electrons. The molecule has 1 amide bonds. The fourth-order valence-corrected chi connectivity index (χ4v) is 4.73. The molecule has 1 atom stereocenters. The predicted octanol–water partition coefficient (Wildman–Crippen LogP) is 2.42. The topological polar surface area (TPSA) is 41.4 Å². The van der Waals surface area contributed by atoms with E-state index < -0.39 is 0 Å². The fourth-order valence-electron chi connectivity index (χ4n) is 3.85. The zero-order valence-electron chi connectivity index (χ0n) is 13.7. The fraction of sp³-hybridized carbons (Fsp3) is 0.529. The minimum absolute atomic E-state index is 0.125. The molecule has 2 aliphatic rings. The van der Waals surface area contributed by atoms with Gasteiger partial charge in [0.1, 0.15) is 5.82 Å². The largest absolute Gasteiger partial charge is 0.337 e. The van der Waals surface area contributed by atoms with Crippen molar-refractivity contribution in [2.24, 2.45) is 12.5 Å². The van der Waals surface area contributed by atoms with Crippen LogP contribution in [-0.4, -0.2) is 40.0 Å². The van der Waals surface area contributed by atoms with E-state index in [1.807, 2.05) is 24.3 Å². The van der Waals surface area contributed by atoms with Crippen LogP contribution in [0, 0.1) is 12.3 Å². The van der Waals surface area contributed by atoms with Gasteiger partial charge in [-0.2, -0.15) is 0 Å². The molecule has 2 aromatic rings. The molecule has 2 saturated heterocycles. The van der Waals surface area contributed by atoms with E-state index in [0.29, 0.717) is 6.42 Å². The van der Waals surface area contributed by atoms with E-state index in [9.17, 15) is 4.79 Å². The second kappa shape index (κ2) is 5.46. The summed E-state index contributed by atoms with van der Waals surface area (Å²) in [5.74, 6) is 1.38. The number of aryl methyl sites for hydroxylation is 2. The van der Waals surface area contributed by atoms with Crippen molar-refractivity contribution in [2.45, 2.75) is 26.3 Å². The van der Waals surface area contributed by atoms with Crippen LogP contribution in [0.4, 0.5) is 5.00 Å². The Hall–Kier alpha value is -1.66. The smallest absolute Gasteiger partial charge is 0.228 e. The molecular weight excluding hydrogens is 308 g/mol. The van der Waals surface area contributed by atoms with E-state index in [-0.39, 0.29) is 11.3 Å². The molecule has 0 saturated carbocycles. The average molecular weight is 330 g/mol. The number of likely N-dealkylation sites (tertiary alicyclic amines) is 1. The van der Waals surface area contributed by atoms with E-state index in [0.717, 1.165) is 43.4 Å². The highest BCUT2D eigenvalue weighted by molar-refractivity contribution is 7.16. The van der Waals surface area contributed by atoms with Crippen LogP contribution in [0.3, 0.4) is 0 Å². The SMILES string of the molecule is Cc1ccc(N2C[C@]3(CCN(Cc4nccn4C)C3)CC2=O)s1. The first-order valence-electron chi connectivity index (χ1n) is 8.10. The number of hydrogen-bond donors (Lipinski definition) is 0. The van der Waals surface area contributed by atoms with E-state index in [4.69, 9.17) is 0 Å². The van der Waals surface area contributed by atoms with Crippen molar-refractivity contribution in [2.75, 3.05) is 24.5 Å². The number of hydrogen-bond acceptors (Lipinski definition) is 4. The predicted molar refractivity (Wildman–Crippen MR) is 91.6 cm³/mol. The zero-order chi connectivity index (χ0) is 16.0. The van der Waals surface area contributed by atoms with Crippen LogP contribution in [0.25, 0.3) is 0 Å². The molecule has 6 heteroatoms. The van der Waals surface area contributed by atoms with Gasteiger partial charge in [0.05, 0.1) is 11.5 Å². The summed E-state index contributed by atoms with van der Waals surface area (Å²) in [5.41, 5.74) is 0.125. The van der Waals surface area contributed by atoms with Gasteiger partial charge in [0.25, 0.3) is 0 Å². The summed E-state index contributed by atoms with van der Waals surface area (Å²) in [6, 6.07) is 4.18. The molecule has 2 fully saturated rings. The van der Waals surface area contributed by atoms with Gasteiger partial charge in [0.2, 0.25) is 5.91 Å². The third-order valence-corrected chi connectivity index (χ3v) is 6.14. The van der Waals surface area contributed by atoms with Crippen LogP contribution in [0.5, 0.6) is 0 Å². The van der Waals surface area contributed by atoms with Crippen LogP contribution in [0.1, 0.15) is 23.5 Å². The van der Waals surface area contributed by atoms with Crippen molar-refractivity contribution in [3.05, 3.63) is 35.2 Å². The maximum atomic E-state index is 12.5. The summed E-state index contributed by atoms with van der Waals surface area (Å²) in [5, 5.41) is 1.10. The van der Waals surface area contributed by atoms with Crippen LogP contribution >= 0.6 is 11.3 Å². The van der Waals surface area contributed by atoms with Crippen LogP contribution in [0.2, 0.25) is 0 Å². The molecule has 23 heavy (non-hydrogen) atoms. The van der Waals surface area contributed by atoms with Gasteiger partial charge >= 0.3 is 0 Å². The average Bonchev–Trinajstić information content (AvgIpc) is 3.24. The highest BCUT2D eigenvalue weighted by atomic mass is 32.1. The summed E-state index contributed by atoms with van der Waals surface area (Å²) in [6.07, 6.45) is 5.62. The number of anilines is 1. The Morgan fingerprint density at radius 2 is 2.22 bits per heavy atom. The molecule has 0 bridgehead atoms. The zero-order valence-corrected chi connectivity index (χ0v) is 14.5. The summed E-state index contributed by atoms with van der Waals surface area (Å²) >= 11 is 1.72. The Balaban J connectivity index is 1.46. The monoisotopic (exact) mass is 330 g/mol. The van der Waals surface area contributed by atoms with Crippen LogP contribution < -0.4 is 4.90 Å². The lowest BCUT2D eigenvalue weighted by atomic mass is 9.86. The van der Waals surface area contributed by atoms with Crippen molar-refractivity contribution in [3.63, 3.8) is 0 Å². The van der Waals surface area contributed by atoms with Crippen molar-refractivity contribution >= 4 is 22.2 Å². The number of imidazole rings is 1. The molecular formula is C17H22N4OS. The summed E-state index contributed by atoms with van der Waals surface area (Å²) in [7, 11) is 2.04. The minimum atomic E-state index is 0.125. The van der Waals surface area contributed by atoms with Crippen LogP contribution in [0.15, 0.2) is 24.5 Å². The van der Waals surface area contributed by atoms with Gasteiger partial charge < -0.3 is 9.47 Å². The van der Waals surface area contributed by atoms with Gasteiger partial charge in [-0.3, -0.25) is 9.69 Å². The number of nitrogens with zero attached hydrogens (tertiary/aromatic N) is 4. The first kappa shape index (κ1) is 14.9. The Morgan fingerprint density at radius 1 is 1.35 bits per heavy atom. The third kappa shape index (κ3) is 2.70. The van der Waals surface area contributed by atoms with Gasteiger partial charge in [0.15, 0.2) is 0 Å². The molecule has 1 spiro atoms. The highest BCUT2D eigenvalue weighted by Gasteiger charge is 2.48. The lowest BCUT2D eigenvalue weighted by Crippen LogP contribution is -2.31. The van der Waals surface area contributed by atoms with Crippen molar-refractivity contribution in [1.82, 2.24) is 14.5 Å². The first-order valence-corrected chi connectivity index (χ1v) is 8.92. The van der Waals surface area contributed by atoms with E-state index in [1.165, 1.54) is 4.88 Å². The van der Waals surface area contributed by atoms with E-state index in [2.05, 4.69) is 33.5 Å². The number of thiophene rings is 1. The molecule has 0 aromatic carbocycles. The van der Waals surface area contributed by atoms with Gasteiger partial charge in [-0.25, -0.2) is 4.98 Å². The summed E-state index contributed by atoms with van der Waals surface area (Å²) in [4.78, 5) is 22.6. The first-order chi connectivity index (χ1) is 11.0. The molecule has 0 radical (unpaired) electrons. The number of aromatic nitrogens is 2. The quantitative estimate of drug-likeness (QED) is 0.868. The molecule has 2 aliphatic heterocycles. The lowest BCUT2D eigenvalue weighted by Gasteiger charge is -2.23. The van der Waals surface area contributed by atoms with E-state index >= 15 is 0 Å². The minimum Gasteiger partial charge on any atom is -0.337 e. The van der Waals surface area contributed by atoms with Gasteiger partial charge in [-0.05, 0) is 32.0 Å². The second-order valence-corrected chi connectivity index (χ2v) is 8.22. The van der Waals surface area contributed by atoms with Crippen molar-refractivity contribution < 1.29 is 4.79 Å². The van der Waals surface area contributed by atoms with E-state index in [1.54, 1.807) is 11.3 Å². The molecule has 0 unspecified atom stereocenters. The summed E-state index contributed by atoms with van der Waals surface area (Å²) in [6.45, 7) is 5.87. The number of rotatable bonds is 3. The third-order valence-electron chi connectivity index (χ3n) is 5.12. The summed E-state index contributed by atoms with van der Waals surface area (Å²) < 4.78 is 2.07. The maximum absolute atomic E-state index is 12.5. The molecule has 5 nitrogen and oxygen atoms in total. The lowest BCUT2D eigenvalue weighted by molar-refractivity contribution is -0.117. The molecule has 4 rings (SSSR count). The van der Waals surface area contributed by atoms with Gasteiger partial charge in [0, 0.05) is 49.2 Å². The Kier molecular flexibility index (Phi) is 3.54. The Morgan fingerprint density at radius 3 is 2.91 bits per heavy atom. The molecule has 4 heterocycles. The molecule has 0 N–H and O–H groups in total. The van der Waals surface area contributed by atoms with Gasteiger partial charge in [-0.1, -0.05) is 0 Å². The number of carbonyl (C=O) groups excluding carboxylic acids is 1. The Labute approximate surface area is 140 Å². The van der Waals surface area contributed by atoms with Crippen molar-refractivity contribution in [3.8, 4) is 0 Å². The normalized spacial score (nSPS) is 25.1. The van der Waals surface area contributed by atoms with Gasteiger partial charge in [-0.15, -0.1) is 11.3 Å². The second-order valence-electron chi connectivity index (χ2n) is 6.96. The highest BCUT2D eigenvalue weighted by Crippen LogP contribution is 2.43. The number of carbonyl (C=O) groups is 1.